The van der Waals surface area contributed by atoms with Crippen LogP contribution in [-0.2, 0) is 9.53 Å². The number of aliphatic carboxylic acids is 1. The molecule has 1 aliphatic heterocycles. The third kappa shape index (κ3) is 1.91. The summed E-state index contributed by atoms with van der Waals surface area (Å²) in [5.41, 5.74) is 5.65. The van der Waals surface area contributed by atoms with E-state index in [9.17, 15) is 4.79 Å². The van der Waals surface area contributed by atoms with E-state index in [1.165, 1.54) is 0 Å². The molecule has 1 aliphatic rings. The molecule has 0 aromatic heterocycles. The maximum Gasteiger partial charge on any atom is 0.304 e. The van der Waals surface area contributed by atoms with Gasteiger partial charge in [0.05, 0.1) is 12.5 Å². The highest BCUT2D eigenvalue weighted by molar-refractivity contribution is 5.68. The maximum absolute atomic E-state index is 10.8. The molecule has 1 rings (SSSR count). The van der Waals surface area contributed by atoms with Crippen LogP contribution in [0.15, 0.2) is 0 Å². The van der Waals surface area contributed by atoms with Crippen LogP contribution in [0.3, 0.4) is 0 Å². The van der Waals surface area contributed by atoms with E-state index in [2.05, 4.69) is 0 Å². The summed E-state index contributed by atoms with van der Waals surface area (Å²) < 4.78 is 5.45. The topological polar surface area (TPSA) is 72.6 Å². The van der Waals surface area contributed by atoms with Gasteiger partial charge in [0.15, 0.2) is 0 Å². The highest BCUT2D eigenvalue weighted by Crippen LogP contribution is 2.41. The van der Waals surface area contributed by atoms with Crippen molar-refractivity contribution in [3.05, 3.63) is 0 Å². The molecular weight excluding hydrogens is 182 g/mol. The molecule has 0 saturated carbocycles. The molecule has 1 heterocycles. The summed E-state index contributed by atoms with van der Waals surface area (Å²) in [5.74, 6) is -0.786. The number of ether oxygens (including phenoxy) is 1. The van der Waals surface area contributed by atoms with E-state index in [1.54, 1.807) is 0 Å². The first kappa shape index (κ1) is 11.5. The van der Waals surface area contributed by atoms with E-state index < -0.39 is 5.97 Å². The van der Waals surface area contributed by atoms with Gasteiger partial charge in [-0.1, -0.05) is 6.92 Å². The van der Waals surface area contributed by atoms with Gasteiger partial charge < -0.3 is 15.6 Å². The third-order valence-electron chi connectivity index (χ3n) is 3.40. The van der Waals surface area contributed by atoms with Crippen molar-refractivity contribution in [3.8, 4) is 0 Å². The Labute approximate surface area is 84.4 Å². The molecule has 0 spiro atoms. The lowest BCUT2D eigenvalue weighted by molar-refractivity contribution is -0.141. The molecule has 0 bridgehead atoms. The van der Waals surface area contributed by atoms with Crippen molar-refractivity contribution >= 4 is 5.97 Å². The summed E-state index contributed by atoms with van der Waals surface area (Å²) in [6.45, 7) is 4.53. The average molecular weight is 201 g/mol. The lowest BCUT2D eigenvalue weighted by Crippen LogP contribution is -2.47. The second kappa shape index (κ2) is 4.28. The van der Waals surface area contributed by atoms with Crippen molar-refractivity contribution in [1.82, 2.24) is 0 Å². The van der Waals surface area contributed by atoms with Crippen LogP contribution in [0.25, 0.3) is 0 Å². The van der Waals surface area contributed by atoms with Gasteiger partial charge in [-0.2, -0.15) is 0 Å². The number of hydrogen-bond acceptors (Lipinski definition) is 3. The Hall–Kier alpha value is -0.610. The highest BCUT2D eigenvalue weighted by atomic mass is 16.5. The van der Waals surface area contributed by atoms with Gasteiger partial charge in [-0.25, -0.2) is 0 Å². The highest BCUT2D eigenvalue weighted by Gasteiger charge is 2.46. The van der Waals surface area contributed by atoms with Crippen LogP contribution in [0, 0.1) is 5.41 Å². The summed E-state index contributed by atoms with van der Waals surface area (Å²) in [4.78, 5) is 10.8. The molecule has 0 amide bonds. The Morgan fingerprint density at radius 3 is 2.79 bits per heavy atom. The van der Waals surface area contributed by atoms with Crippen molar-refractivity contribution in [1.29, 1.82) is 0 Å². The summed E-state index contributed by atoms with van der Waals surface area (Å²) in [6, 6.07) is -0.0869. The van der Waals surface area contributed by atoms with Crippen molar-refractivity contribution in [2.24, 2.45) is 11.1 Å². The molecule has 82 valence electrons. The van der Waals surface area contributed by atoms with Crippen LogP contribution in [-0.4, -0.2) is 29.8 Å². The van der Waals surface area contributed by atoms with Crippen molar-refractivity contribution < 1.29 is 14.6 Å². The Balaban J connectivity index is 2.83. The Morgan fingerprint density at radius 1 is 1.79 bits per heavy atom. The first-order valence-corrected chi connectivity index (χ1v) is 5.12. The fraction of sp³-hybridized carbons (Fsp3) is 0.900. The fourth-order valence-electron chi connectivity index (χ4n) is 2.33. The van der Waals surface area contributed by atoms with E-state index in [4.69, 9.17) is 15.6 Å². The van der Waals surface area contributed by atoms with Crippen LogP contribution >= 0.6 is 0 Å². The molecule has 1 fully saturated rings. The number of nitrogens with two attached hydrogens (primary N) is 1. The minimum Gasteiger partial charge on any atom is -0.481 e. The maximum atomic E-state index is 10.8. The first-order valence-electron chi connectivity index (χ1n) is 5.12. The molecule has 0 radical (unpaired) electrons. The fourth-order valence-corrected chi connectivity index (χ4v) is 2.33. The smallest absolute Gasteiger partial charge is 0.304 e. The molecule has 0 aliphatic carbocycles. The Kier molecular flexibility index (Phi) is 3.50. The molecular formula is C10H19NO3. The zero-order valence-corrected chi connectivity index (χ0v) is 8.82. The number of rotatable bonds is 4. The molecule has 3 atom stereocenters. The monoisotopic (exact) mass is 201 g/mol. The van der Waals surface area contributed by atoms with Gasteiger partial charge in [-0.15, -0.1) is 0 Å². The number of carboxylic acids is 1. The number of carboxylic acid groups (broad SMARTS) is 1. The molecule has 4 heteroatoms. The third-order valence-corrected chi connectivity index (χ3v) is 3.40. The Morgan fingerprint density at radius 2 is 2.43 bits per heavy atom. The standard InChI is InChI=1S/C10H19NO3/c1-3-8(11)10(6-9(12)13)4-5-14-7(10)2/h7-8H,3-6,11H2,1-2H3,(H,12,13). The van der Waals surface area contributed by atoms with Crippen LogP contribution in [0.5, 0.6) is 0 Å². The summed E-state index contributed by atoms with van der Waals surface area (Å²) >= 11 is 0. The molecule has 3 N–H and O–H groups in total. The minimum absolute atomic E-state index is 0.0476. The van der Waals surface area contributed by atoms with E-state index in [0.717, 1.165) is 12.8 Å². The Bertz CT molecular complexity index is 219. The van der Waals surface area contributed by atoms with E-state index in [1.807, 2.05) is 13.8 Å². The second-order valence-corrected chi connectivity index (χ2v) is 4.08. The molecule has 3 unspecified atom stereocenters. The van der Waals surface area contributed by atoms with Crippen LogP contribution in [0.4, 0.5) is 0 Å². The summed E-state index contributed by atoms with van der Waals surface area (Å²) in [6.07, 6.45) is 1.62. The van der Waals surface area contributed by atoms with E-state index >= 15 is 0 Å². The van der Waals surface area contributed by atoms with Gasteiger partial charge in [-0.3, -0.25) is 4.79 Å². The van der Waals surface area contributed by atoms with Crippen LogP contribution in [0.2, 0.25) is 0 Å². The normalized spacial score (nSPS) is 34.4. The summed E-state index contributed by atoms with van der Waals surface area (Å²) in [5, 5.41) is 8.89. The van der Waals surface area contributed by atoms with Gasteiger partial charge in [0, 0.05) is 18.1 Å². The first-order chi connectivity index (χ1) is 6.53. The van der Waals surface area contributed by atoms with E-state index in [-0.39, 0.29) is 24.0 Å². The second-order valence-electron chi connectivity index (χ2n) is 4.08. The average Bonchev–Trinajstić information content (AvgIpc) is 2.47. The van der Waals surface area contributed by atoms with Gasteiger partial charge in [0.2, 0.25) is 0 Å². The predicted molar refractivity (Wildman–Crippen MR) is 53.0 cm³/mol. The van der Waals surface area contributed by atoms with Gasteiger partial charge >= 0.3 is 5.97 Å². The zero-order valence-electron chi connectivity index (χ0n) is 8.82. The lowest BCUT2D eigenvalue weighted by Gasteiger charge is -2.36. The van der Waals surface area contributed by atoms with Gasteiger partial charge in [0.25, 0.3) is 0 Å². The largest absolute Gasteiger partial charge is 0.481 e. The van der Waals surface area contributed by atoms with Crippen molar-refractivity contribution in [2.45, 2.75) is 45.3 Å². The predicted octanol–water partition coefficient (Wildman–Crippen LogP) is 0.994. The molecule has 1 saturated heterocycles. The zero-order chi connectivity index (χ0) is 10.8. The quantitative estimate of drug-likeness (QED) is 0.711. The number of carbonyl (C=O) groups is 1. The molecule has 4 nitrogen and oxygen atoms in total. The van der Waals surface area contributed by atoms with Crippen molar-refractivity contribution in [3.63, 3.8) is 0 Å². The SMILES string of the molecule is CCC(N)C1(CC(=O)O)CCOC1C. The minimum atomic E-state index is -0.786. The van der Waals surface area contributed by atoms with Crippen LogP contribution in [0.1, 0.15) is 33.1 Å². The molecule has 0 aromatic carbocycles. The lowest BCUT2D eigenvalue weighted by atomic mass is 9.71. The number of hydrogen-bond donors (Lipinski definition) is 2. The summed E-state index contributed by atoms with van der Waals surface area (Å²) in [7, 11) is 0. The van der Waals surface area contributed by atoms with Gasteiger partial charge in [0.1, 0.15) is 0 Å². The van der Waals surface area contributed by atoms with Crippen LogP contribution < -0.4 is 5.73 Å². The van der Waals surface area contributed by atoms with Gasteiger partial charge in [-0.05, 0) is 19.8 Å². The molecule has 0 aromatic rings. The van der Waals surface area contributed by atoms with E-state index in [0.29, 0.717) is 6.61 Å². The molecule has 14 heavy (non-hydrogen) atoms. The van der Waals surface area contributed by atoms with Crippen molar-refractivity contribution in [2.75, 3.05) is 6.61 Å².